The Labute approximate surface area is 148 Å². The molecular weight excluding hydrogens is 302 g/mol. The van der Waals surface area contributed by atoms with Crippen LogP contribution in [0.4, 0.5) is 0 Å². The normalized spacial score (nSPS) is 13.6. The minimum atomic E-state index is -1.03. The van der Waals surface area contributed by atoms with Gasteiger partial charge in [-0.3, -0.25) is 9.59 Å². The van der Waals surface area contributed by atoms with E-state index in [-0.39, 0.29) is 18.1 Å². The molecule has 24 heavy (non-hydrogen) atoms. The van der Waals surface area contributed by atoms with Crippen molar-refractivity contribution in [2.75, 3.05) is 0 Å². The Morgan fingerprint density at radius 2 is 1.25 bits per heavy atom. The van der Waals surface area contributed by atoms with Crippen LogP contribution in [0.25, 0.3) is 0 Å². The van der Waals surface area contributed by atoms with Crippen LogP contribution in [0.15, 0.2) is 0 Å². The lowest BCUT2D eigenvalue weighted by Crippen LogP contribution is -2.37. The standard InChI is InChI=1S/C20H39NO3/c1-3-4-5-6-7-8-9-10-11-12-13-14-15-18(22)16-17(2)19(21)20(23)24/h17,19H,3-16,21H2,1-2H3,(H,23,24)/t17?,19-/m0/s1. The Balaban J connectivity index is 3.38. The van der Waals surface area contributed by atoms with Crippen molar-refractivity contribution in [3.8, 4) is 0 Å². The minimum Gasteiger partial charge on any atom is -0.480 e. The summed E-state index contributed by atoms with van der Waals surface area (Å²) in [6.45, 7) is 3.98. The molecule has 0 fully saturated rings. The smallest absolute Gasteiger partial charge is 0.320 e. The maximum Gasteiger partial charge on any atom is 0.320 e. The van der Waals surface area contributed by atoms with Gasteiger partial charge in [-0.05, 0) is 12.3 Å². The van der Waals surface area contributed by atoms with Crippen LogP contribution in [-0.2, 0) is 9.59 Å². The van der Waals surface area contributed by atoms with Gasteiger partial charge >= 0.3 is 5.97 Å². The zero-order valence-electron chi connectivity index (χ0n) is 15.9. The molecule has 0 bridgehead atoms. The lowest BCUT2D eigenvalue weighted by Gasteiger charge is -2.14. The number of aliphatic carboxylic acids is 1. The van der Waals surface area contributed by atoms with E-state index < -0.39 is 12.0 Å². The Kier molecular flexibility index (Phi) is 15.0. The molecule has 4 heteroatoms. The Morgan fingerprint density at radius 3 is 1.67 bits per heavy atom. The molecule has 0 aromatic heterocycles. The molecule has 0 aliphatic heterocycles. The van der Waals surface area contributed by atoms with Gasteiger partial charge in [-0.15, -0.1) is 0 Å². The first kappa shape index (κ1) is 23.1. The number of nitrogens with two attached hydrogens (primary N) is 1. The molecule has 0 saturated heterocycles. The van der Waals surface area contributed by atoms with Gasteiger partial charge in [0.15, 0.2) is 0 Å². The molecule has 0 heterocycles. The number of hydrogen-bond acceptors (Lipinski definition) is 3. The van der Waals surface area contributed by atoms with Crippen molar-refractivity contribution in [3.63, 3.8) is 0 Å². The first-order valence-corrected chi connectivity index (χ1v) is 9.99. The van der Waals surface area contributed by atoms with Crippen molar-refractivity contribution >= 4 is 11.8 Å². The van der Waals surface area contributed by atoms with Crippen LogP contribution in [0, 0.1) is 5.92 Å². The van der Waals surface area contributed by atoms with Gasteiger partial charge in [0.2, 0.25) is 0 Å². The monoisotopic (exact) mass is 341 g/mol. The molecule has 0 amide bonds. The molecular formula is C20H39NO3. The molecule has 0 radical (unpaired) electrons. The van der Waals surface area contributed by atoms with E-state index in [1.807, 2.05) is 0 Å². The van der Waals surface area contributed by atoms with E-state index in [9.17, 15) is 9.59 Å². The first-order valence-electron chi connectivity index (χ1n) is 9.99. The Bertz CT molecular complexity index is 331. The van der Waals surface area contributed by atoms with E-state index in [4.69, 9.17) is 10.8 Å². The fraction of sp³-hybridized carbons (Fsp3) is 0.900. The molecule has 0 aliphatic rings. The summed E-state index contributed by atoms with van der Waals surface area (Å²) < 4.78 is 0. The van der Waals surface area contributed by atoms with Crippen LogP contribution in [0.3, 0.4) is 0 Å². The average Bonchev–Trinajstić information content (AvgIpc) is 2.54. The summed E-state index contributed by atoms with van der Waals surface area (Å²) in [6.07, 6.45) is 16.2. The molecule has 142 valence electrons. The van der Waals surface area contributed by atoms with Gasteiger partial charge in [-0.1, -0.05) is 84.5 Å². The van der Waals surface area contributed by atoms with E-state index in [0.29, 0.717) is 6.42 Å². The molecule has 4 nitrogen and oxygen atoms in total. The van der Waals surface area contributed by atoms with Gasteiger partial charge in [0.25, 0.3) is 0 Å². The average molecular weight is 342 g/mol. The summed E-state index contributed by atoms with van der Waals surface area (Å²) >= 11 is 0. The van der Waals surface area contributed by atoms with Gasteiger partial charge in [0.1, 0.15) is 11.8 Å². The van der Waals surface area contributed by atoms with Gasteiger partial charge < -0.3 is 10.8 Å². The maximum atomic E-state index is 11.8. The summed E-state index contributed by atoms with van der Waals surface area (Å²) in [4.78, 5) is 22.6. The number of hydrogen-bond donors (Lipinski definition) is 2. The molecule has 3 N–H and O–H groups in total. The number of carboxylic acid groups (broad SMARTS) is 1. The largest absolute Gasteiger partial charge is 0.480 e. The third-order valence-corrected chi connectivity index (χ3v) is 4.76. The van der Waals surface area contributed by atoms with Crippen LogP contribution in [0.2, 0.25) is 0 Å². The maximum absolute atomic E-state index is 11.8. The summed E-state index contributed by atoms with van der Waals surface area (Å²) in [6, 6.07) is -0.934. The minimum absolute atomic E-state index is 0.145. The predicted molar refractivity (Wildman–Crippen MR) is 100 cm³/mol. The lowest BCUT2D eigenvalue weighted by atomic mass is 9.94. The van der Waals surface area contributed by atoms with Crippen molar-refractivity contribution in [2.45, 2.75) is 110 Å². The summed E-state index contributed by atoms with van der Waals surface area (Å²) in [5.41, 5.74) is 5.52. The second-order valence-corrected chi connectivity index (χ2v) is 7.22. The van der Waals surface area contributed by atoms with E-state index in [1.165, 1.54) is 64.2 Å². The Hall–Kier alpha value is -0.900. The molecule has 0 spiro atoms. The zero-order chi connectivity index (χ0) is 18.2. The molecule has 0 aliphatic carbocycles. The van der Waals surface area contributed by atoms with Crippen LogP contribution in [0.1, 0.15) is 104 Å². The predicted octanol–water partition coefficient (Wildman–Crippen LogP) is 5.08. The van der Waals surface area contributed by atoms with E-state index in [0.717, 1.165) is 12.8 Å². The zero-order valence-corrected chi connectivity index (χ0v) is 15.9. The highest BCUT2D eigenvalue weighted by atomic mass is 16.4. The number of carbonyl (C=O) groups excluding carboxylic acids is 1. The summed E-state index contributed by atoms with van der Waals surface area (Å²) in [7, 11) is 0. The van der Waals surface area contributed by atoms with Gasteiger partial charge in [0, 0.05) is 12.8 Å². The molecule has 0 aromatic carbocycles. The summed E-state index contributed by atoms with van der Waals surface area (Å²) in [5.74, 6) is -1.17. The van der Waals surface area contributed by atoms with E-state index in [1.54, 1.807) is 6.92 Å². The first-order chi connectivity index (χ1) is 11.5. The van der Waals surface area contributed by atoms with Crippen molar-refractivity contribution in [3.05, 3.63) is 0 Å². The number of carbonyl (C=O) groups is 2. The topological polar surface area (TPSA) is 80.4 Å². The quantitative estimate of drug-likeness (QED) is 0.361. The van der Waals surface area contributed by atoms with Crippen LogP contribution in [0.5, 0.6) is 0 Å². The van der Waals surface area contributed by atoms with Crippen LogP contribution >= 0.6 is 0 Å². The summed E-state index contributed by atoms with van der Waals surface area (Å²) in [5, 5.41) is 8.82. The number of unbranched alkanes of at least 4 members (excludes halogenated alkanes) is 11. The fourth-order valence-corrected chi connectivity index (χ4v) is 2.99. The van der Waals surface area contributed by atoms with Gasteiger partial charge in [0.05, 0.1) is 0 Å². The van der Waals surface area contributed by atoms with Crippen LogP contribution < -0.4 is 5.73 Å². The second kappa shape index (κ2) is 15.6. The third-order valence-electron chi connectivity index (χ3n) is 4.76. The molecule has 0 aromatic rings. The van der Waals surface area contributed by atoms with Crippen LogP contribution in [-0.4, -0.2) is 22.9 Å². The third kappa shape index (κ3) is 13.5. The number of ketones is 1. The van der Waals surface area contributed by atoms with Gasteiger partial charge in [-0.25, -0.2) is 0 Å². The Morgan fingerprint density at radius 1 is 0.833 bits per heavy atom. The number of carboxylic acids is 1. The molecule has 0 rings (SSSR count). The molecule has 0 saturated carbocycles. The number of rotatable bonds is 17. The highest BCUT2D eigenvalue weighted by Gasteiger charge is 2.21. The SMILES string of the molecule is CCCCCCCCCCCCCCC(=O)CC(C)[C@H](N)C(=O)O. The second-order valence-electron chi connectivity index (χ2n) is 7.22. The lowest BCUT2D eigenvalue weighted by molar-refractivity contribution is -0.139. The molecule has 1 unspecified atom stereocenters. The number of Topliss-reactive ketones (excluding diaryl/α,β-unsaturated/α-hetero) is 1. The van der Waals surface area contributed by atoms with Crippen molar-refractivity contribution in [1.82, 2.24) is 0 Å². The molecule has 2 atom stereocenters. The van der Waals surface area contributed by atoms with Gasteiger partial charge in [-0.2, -0.15) is 0 Å². The van der Waals surface area contributed by atoms with E-state index in [2.05, 4.69) is 6.92 Å². The van der Waals surface area contributed by atoms with Crippen molar-refractivity contribution in [2.24, 2.45) is 11.7 Å². The van der Waals surface area contributed by atoms with Crippen molar-refractivity contribution in [1.29, 1.82) is 0 Å². The van der Waals surface area contributed by atoms with E-state index >= 15 is 0 Å². The van der Waals surface area contributed by atoms with Crippen molar-refractivity contribution < 1.29 is 14.7 Å². The highest BCUT2D eigenvalue weighted by molar-refractivity contribution is 5.80. The fourth-order valence-electron chi connectivity index (χ4n) is 2.99. The highest BCUT2D eigenvalue weighted by Crippen LogP contribution is 2.14.